The fraction of sp³-hybridized carbons (Fsp3) is 0.455. The molecule has 90 valence electrons. The lowest BCUT2D eigenvalue weighted by molar-refractivity contribution is 0.0635. The Kier molecular flexibility index (Phi) is 3.99. The minimum absolute atomic E-state index is 0.194. The molecule has 0 unspecified atom stereocenters. The maximum atomic E-state index is 11.4. The highest BCUT2D eigenvalue weighted by molar-refractivity contribution is 5.83. The number of amides is 1. The largest absolute Gasteiger partial charge is 0.444 e. The fourth-order valence-corrected chi connectivity index (χ4v) is 1.000. The average Bonchev–Trinajstić information content (AvgIpc) is 2.18. The highest BCUT2D eigenvalue weighted by Crippen LogP contribution is 2.09. The number of aromatic nitrogens is 2. The zero-order valence-corrected chi connectivity index (χ0v) is 10.0. The molecule has 0 fully saturated rings. The molecule has 1 rings (SSSR count). The highest BCUT2D eigenvalue weighted by atomic mass is 16.6. The molecule has 6 nitrogen and oxygen atoms in total. The Balaban J connectivity index is 2.58. The average molecular weight is 234 g/mol. The fourth-order valence-electron chi connectivity index (χ4n) is 1.000. The second-order valence-electron chi connectivity index (χ2n) is 4.35. The molecule has 1 aromatic rings. The zero-order chi connectivity index (χ0) is 12.9. The van der Waals surface area contributed by atoms with Crippen LogP contribution in [0.2, 0.25) is 0 Å². The van der Waals surface area contributed by atoms with Gasteiger partial charge in [-0.05, 0) is 20.8 Å². The maximum absolute atomic E-state index is 11.4. The lowest BCUT2D eigenvalue weighted by atomic mass is 10.2. The van der Waals surface area contributed by atoms with Crippen LogP contribution in [0.4, 0.5) is 10.6 Å². The van der Waals surface area contributed by atoms with Gasteiger partial charge in [0.2, 0.25) is 0 Å². The number of anilines is 1. The van der Waals surface area contributed by atoms with E-state index in [1.54, 1.807) is 20.8 Å². The van der Waals surface area contributed by atoms with Crippen molar-refractivity contribution in [3.05, 3.63) is 18.1 Å². The molecule has 17 heavy (non-hydrogen) atoms. The second kappa shape index (κ2) is 5.25. The van der Waals surface area contributed by atoms with Crippen LogP contribution < -0.4 is 5.32 Å². The summed E-state index contributed by atoms with van der Waals surface area (Å²) in [4.78, 5) is 19.3. The van der Waals surface area contributed by atoms with Gasteiger partial charge in [0.1, 0.15) is 5.60 Å². The van der Waals surface area contributed by atoms with E-state index in [0.29, 0.717) is 11.5 Å². The lowest BCUT2D eigenvalue weighted by Crippen LogP contribution is -2.27. The Bertz CT molecular complexity index is 428. The van der Waals surface area contributed by atoms with Crippen molar-refractivity contribution in [3.8, 4) is 6.07 Å². The van der Waals surface area contributed by atoms with E-state index in [1.807, 2.05) is 6.07 Å². The van der Waals surface area contributed by atoms with Crippen LogP contribution in [-0.2, 0) is 11.2 Å². The van der Waals surface area contributed by atoms with Gasteiger partial charge in [-0.1, -0.05) is 0 Å². The minimum Gasteiger partial charge on any atom is -0.444 e. The summed E-state index contributed by atoms with van der Waals surface area (Å²) in [7, 11) is 0. The van der Waals surface area contributed by atoms with Crippen LogP contribution in [0, 0.1) is 11.3 Å². The summed E-state index contributed by atoms with van der Waals surface area (Å²) in [6.07, 6.45) is 2.44. The summed E-state index contributed by atoms with van der Waals surface area (Å²) in [5.74, 6) is 0.293. The number of ether oxygens (including phenoxy) is 1. The Morgan fingerprint density at radius 2 is 2.18 bits per heavy atom. The Labute approximate surface area is 99.6 Å². The van der Waals surface area contributed by atoms with E-state index in [1.165, 1.54) is 12.4 Å². The number of hydrogen-bond donors (Lipinski definition) is 1. The molecule has 1 N–H and O–H groups in total. The number of carbonyl (C=O) groups is 1. The number of rotatable bonds is 2. The molecule has 6 heteroatoms. The van der Waals surface area contributed by atoms with Gasteiger partial charge in [0.15, 0.2) is 5.82 Å². The third-order valence-electron chi connectivity index (χ3n) is 1.59. The van der Waals surface area contributed by atoms with Crippen LogP contribution in [0.1, 0.15) is 26.5 Å². The first-order chi connectivity index (χ1) is 7.90. The first-order valence-corrected chi connectivity index (χ1v) is 5.08. The van der Waals surface area contributed by atoms with E-state index in [0.717, 1.165) is 0 Å². The molecule has 0 saturated carbocycles. The van der Waals surface area contributed by atoms with E-state index >= 15 is 0 Å². The minimum atomic E-state index is -0.583. The first kappa shape index (κ1) is 12.9. The molecule has 0 aliphatic rings. The van der Waals surface area contributed by atoms with Gasteiger partial charge >= 0.3 is 6.09 Å². The number of carbonyl (C=O) groups excluding carboxylic acids is 1. The zero-order valence-electron chi connectivity index (χ0n) is 10.0. The lowest BCUT2D eigenvalue weighted by Gasteiger charge is -2.19. The van der Waals surface area contributed by atoms with E-state index in [9.17, 15) is 4.79 Å². The van der Waals surface area contributed by atoms with Crippen molar-refractivity contribution in [2.75, 3.05) is 5.32 Å². The molecule has 0 aromatic carbocycles. The molecular formula is C11H14N4O2. The quantitative estimate of drug-likeness (QED) is 0.844. The SMILES string of the molecule is CC(C)(C)OC(=O)Nc1cnc(CC#N)cn1. The molecule has 1 aromatic heterocycles. The van der Waals surface area contributed by atoms with Crippen molar-refractivity contribution in [3.63, 3.8) is 0 Å². The van der Waals surface area contributed by atoms with E-state index < -0.39 is 11.7 Å². The topological polar surface area (TPSA) is 87.9 Å². The second-order valence-corrected chi connectivity index (χ2v) is 4.35. The predicted octanol–water partition coefficient (Wildman–Crippen LogP) is 1.89. The van der Waals surface area contributed by atoms with Gasteiger partial charge in [-0.15, -0.1) is 0 Å². The molecule has 0 atom stereocenters. The number of nitrogens with zero attached hydrogens (tertiary/aromatic N) is 3. The van der Waals surface area contributed by atoms with Gasteiger partial charge < -0.3 is 4.74 Å². The first-order valence-electron chi connectivity index (χ1n) is 5.08. The molecule has 0 aliphatic heterocycles. The summed E-state index contributed by atoms with van der Waals surface area (Å²) in [6.45, 7) is 5.32. The molecule has 0 aliphatic carbocycles. The van der Waals surface area contributed by atoms with Gasteiger partial charge in [-0.3, -0.25) is 10.3 Å². The monoisotopic (exact) mass is 234 g/mol. The van der Waals surface area contributed by atoms with Crippen LogP contribution in [0.15, 0.2) is 12.4 Å². The van der Waals surface area contributed by atoms with Gasteiger partial charge in [0.05, 0.1) is 30.6 Å². The molecule has 1 amide bonds. The molecule has 1 heterocycles. The normalized spacial score (nSPS) is 10.5. The molecule has 0 saturated heterocycles. The molecule has 0 radical (unpaired) electrons. The molecular weight excluding hydrogens is 220 g/mol. The van der Waals surface area contributed by atoms with Crippen molar-refractivity contribution >= 4 is 11.9 Å². The van der Waals surface area contributed by atoms with Crippen molar-refractivity contribution < 1.29 is 9.53 Å². The maximum Gasteiger partial charge on any atom is 0.413 e. The summed E-state index contributed by atoms with van der Waals surface area (Å²) in [5, 5.41) is 10.9. The van der Waals surface area contributed by atoms with Crippen LogP contribution >= 0.6 is 0 Å². The Morgan fingerprint density at radius 3 is 2.65 bits per heavy atom. The van der Waals surface area contributed by atoms with Crippen LogP contribution in [0.3, 0.4) is 0 Å². The van der Waals surface area contributed by atoms with Gasteiger partial charge in [-0.2, -0.15) is 5.26 Å². The Hall–Kier alpha value is -2.16. The predicted molar refractivity (Wildman–Crippen MR) is 61.2 cm³/mol. The van der Waals surface area contributed by atoms with Gasteiger partial charge in [0, 0.05) is 0 Å². The van der Waals surface area contributed by atoms with Gasteiger partial charge in [0.25, 0.3) is 0 Å². The van der Waals surface area contributed by atoms with Crippen LogP contribution in [0.25, 0.3) is 0 Å². The molecule has 0 bridgehead atoms. The third-order valence-corrected chi connectivity index (χ3v) is 1.59. The number of nitriles is 1. The summed E-state index contributed by atoms with van der Waals surface area (Å²) in [5.41, 5.74) is 0.000348. The smallest absolute Gasteiger partial charge is 0.413 e. The number of hydrogen-bond acceptors (Lipinski definition) is 5. The van der Waals surface area contributed by atoms with Crippen LogP contribution in [0.5, 0.6) is 0 Å². The van der Waals surface area contributed by atoms with Crippen molar-refractivity contribution in [1.82, 2.24) is 9.97 Å². The van der Waals surface area contributed by atoms with E-state index in [2.05, 4.69) is 15.3 Å². The van der Waals surface area contributed by atoms with Crippen molar-refractivity contribution in [2.24, 2.45) is 0 Å². The highest BCUT2D eigenvalue weighted by Gasteiger charge is 2.16. The van der Waals surface area contributed by atoms with Crippen LogP contribution in [-0.4, -0.2) is 21.7 Å². The van der Waals surface area contributed by atoms with Crippen molar-refractivity contribution in [1.29, 1.82) is 5.26 Å². The number of nitrogens with one attached hydrogen (secondary N) is 1. The summed E-state index contributed by atoms with van der Waals surface area (Å²) in [6, 6.07) is 1.96. The molecule has 0 spiro atoms. The van der Waals surface area contributed by atoms with E-state index in [4.69, 9.17) is 10.00 Å². The third kappa shape index (κ3) is 4.93. The van der Waals surface area contributed by atoms with E-state index in [-0.39, 0.29) is 6.42 Å². The van der Waals surface area contributed by atoms with Crippen molar-refractivity contribution in [2.45, 2.75) is 32.8 Å². The summed E-state index contributed by atoms with van der Waals surface area (Å²) >= 11 is 0. The summed E-state index contributed by atoms with van der Waals surface area (Å²) < 4.78 is 5.05. The van der Waals surface area contributed by atoms with Gasteiger partial charge in [-0.25, -0.2) is 9.78 Å². The Morgan fingerprint density at radius 1 is 1.47 bits per heavy atom. The standard InChI is InChI=1S/C11H14N4O2/c1-11(2,3)17-10(16)15-9-7-13-8(4-5-12)6-14-9/h6-7H,4H2,1-3H3,(H,14,15,16).